The number of sulfone groups is 1. The van der Waals surface area contributed by atoms with E-state index in [-0.39, 0.29) is 23.9 Å². The van der Waals surface area contributed by atoms with Gasteiger partial charge < -0.3 is 10.2 Å². The van der Waals surface area contributed by atoms with E-state index < -0.39 is 15.3 Å². The highest BCUT2D eigenvalue weighted by molar-refractivity contribution is 7.90. The van der Waals surface area contributed by atoms with E-state index in [1.807, 2.05) is 0 Å². The Bertz CT molecular complexity index is 931. The lowest BCUT2D eigenvalue weighted by Crippen LogP contribution is -2.27. The molecule has 1 aromatic heterocycles. The second kappa shape index (κ2) is 6.90. The fourth-order valence-corrected chi connectivity index (χ4v) is 3.81. The maximum absolute atomic E-state index is 13.3. The smallest absolute Gasteiger partial charge is 0.177 e. The Balaban J connectivity index is 2.09. The number of hydrogen-bond acceptors (Lipinski definition) is 5. The summed E-state index contributed by atoms with van der Waals surface area (Å²) in [6, 6.07) is 9.14. The summed E-state index contributed by atoms with van der Waals surface area (Å²) in [4.78, 5) is 4.40. The highest BCUT2D eigenvalue weighted by atomic mass is 32.2. The summed E-state index contributed by atoms with van der Waals surface area (Å²) in [5.74, 6) is -0.347. The summed E-state index contributed by atoms with van der Waals surface area (Å²) in [5, 5.41) is 19.6. The van der Waals surface area contributed by atoms with Gasteiger partial charge in [0.2, 0.25) is 0 Å². The number of aliphatic hydroxyl groups is 2. The molecule has 26 heavy (non-hydrogen) atoms. The summed E-state index contributed by atoms with van der Waals surface area (Å²) in [7, 11) is -3.35. The van der Waals surface area contributed by atoms with Crippen LogP contribution < -0.4 is 0 Å². The second-order valence-corrected chi connectivity index (χ2v) is 8.80. The van der Waals surface area contributed by atoms with Crippen LogP contribution >= 0.6 is 0 Å². The number of halogens is 1. The van der Waals surface area contributed by atoms with Gasteiger partial charge in [-0.05, 0) is 53.8 Å². The second-order valence-electron chi connectivity index (χ2n) is 6.79. The molecule has 0 radical (unpaired) electrons. The van der Waals surface area contributed by atoms with Crippen molar-refractivity contribution in [1.82, 2.24) is 4.98 Å². The van der Waals surface area contributed by atoms with E-state index >= 15 is 0 Å². The van der Waals surface area contributed by atoms with Crippen LogP contribution in [0.25, 0.3) is 11.1 Å². The van der Waals surface area contributed by atoms with E-state index in [4.69, 9.17) is 0 Å². The Labute approximate surface area is 151 Å². The topological polar surface area (TPSA) is 87.5 Å². The zero-order valence-corrected chi connectivity index (χ0v) is 15.1. The molecule has 0 amide bonds. The van der Waals surface area contributed by atoms with Crippen LogP contribution in [0.5, 0.6) is 0 Å². The molecule has 0 saturated carbocycles. The maximum Gasteiger partial charge on any atom is 0.177 e. The molecule has 0 spiro atoms. The summed E-state index contributed by atoms with van der Waals surface area (Å²) < 4.78 is 36.5. The van der Waals surface area contributed by atoms with Crippen LogP contribution in [0.15, 0.2) is 47.5 Å². The van der Waals surface area contributed by atoms with Gasteiger partial charge in [0.1, 0.15) is 5.82 Å². The Morgan fingerprint density at radius 2 is 1.65 bits per heavy atom. The van der Waals surface area contributed by atoms with Gasteiger partial charge in [0, 0.05) is 17.9 Å². The van der Waals surface area contributed by atoms with Crippen LogP contribution in [-0.4, -0.2) is 43.1 Å². The predicted octanol–water partition coefficient (Wildman–Crippen LogP) is 2.30. The van der Waals surface area contributed by atoms with Gasteiger partial charge in [-0.25, -0.2) is 12.8 Å². The minimum atomic E-state index is -3.35. The Hall–Kier alpha value is -2.09. The van der Waals surface area contributed by atoms with Gasteiger partial charge in [0.05, 0.1) is 23.8 Å². The summed E-state index contributed by atoms with van der Waals surface area (Å²) >= 11 is 0. The molecule has 1 aromatic carbocycles. The van der Waals surface area contributed by atoms with Crippen LogP contribution in [0.2, 0.25) is 0 Å². The molecule has 1 aliphatic rings. The molecule has 0 aliphatic heterocycles. The van der Waals surface area contributed by atoms with E-state index in [0.717, 1.165) is 23.0 Å². The zero-order valence-electron chi connectivity index (χ0n) is 14.3. The quantitative estimate of drug-likeness (QED) is 0.835. The van der Waals surface area contributed by atoms with Gasteiger partial charge in [-0.3, -0.25) is 4.98 Å². The maximum atomic E-state index is 13.3. The third kappa shape index (κ3) is 3.56. The molecule has 2 aromatic rings. The Morgan fingerprint density at radius 1 is 1.04 bits per heavy atom. The third-order valence-corrected chi connectivity index (χ3v) is 5.90. The highest BCUT2D eigenvalue weighted by Crippen LogP contribution is 2.49. The highest BCUT2D eigenvalue weighted by Gasteiger charge is 2.39. The van der Waals surface area contributed by atoms with Crippen LogP contribution in [0, 0.1) is 11.2 Å². The SMILES string of the molecule is CS(=O)(=O)c1ccc(C2=C(c3ccc(F)cc3)CC(CO)(CO)C2)nc1. The van der Waals surface area contributed by atoms with E-state index in [1.54, 1.807) is 18.2 Å². The van der Waals surface area contributed by atoms with Crippen molar-refractivity contribution >= 4 is 21.0 Å². The van der Waals surface area contributed by atoms with Crippen molar-refractivity contribution in [2.24, 2.45) is 5.41 Å². The Morgan fingerprint density at radius 3 is 2.15 bits per heavy atom. The fourth-order valence-electron chi connectivity index (χ4n) is 3.25. The molecule has 0 fully saturated rings. The minimum absolute atomic E-state index is 0.124. The molecule has 3 rings (SSSR count). The minimum Gasteiger partial charge on any atom is -0.396 e. The monoisotopic (exact) mass is 377 g/mol. The van der Waals surface area contributed by atoms with E-state index in [2.05, 4.69) is 4.98 Å². The first-order valence-electron chi connectivity index (χ1n) is 8.14. The lowest BCUT2D eigenvalue weighted by molar-refractivity contribution is 0.0677. The van der Waals surface area contributed by atoms with Gasteiger partial charge in [-0.2, -0.15) is 0 Å². The van der Waals surface area contributed by atoms with Crippen LogP contribution in [0.3, 0.4) is 0 Å². The van der Waals surface area contributed by atoms with Crippen molar-refractivity contribution in [2.45, 2.75) is 17.7 Å². The lowest BCUT2D eigenvalue weighted by Gasteiger charge is -2.24. The molecular formula is C19H20FNO4S. The number of aliphatic hydroxyl groups excluding tert-OH is 2. The molecule has 2 N–H and O–H groups in total. The predicted molar refractivity (Wildman–Crippen MR) is 96.4 cm³/mol. The summed E-state index contributed by atoms with van der Waals surface area (Å²) in [6.07, 6.45) is 3.25. The van der Waals surface area contributed by atoms with Gasteiger partial charge in [-0.15, -0.1) is 0 Å². The van der Waals surface area contributed by atoms with Gasteiger partial charge in [0.15, 0.2) is 9.84 Å². The normalized spacial score (nSPS) is 16.9. The molecule has 138 valence electrons. The number of allylic oxidation sites excluding steroid dienone is 2. The van der Waals surface area contributed by atoms with Crippen molar-refractivity contribution in [3.8, 4) is 0 Å². The fraction of sp³-hybridized carbons (Fsp3) is 0.316. The number of pyridine rings is 1. The van der Waals surface area contributed by atoms with Crippen LogP contribution in [0.4, 0.5) is 4.39 Å². The van der Waals surface area contributed by atoms with Crippen molar-refractivity contribution < 1.29 is 23.0 Å². The zero-order chi connectivity index (χ0) is 18.9. The molecule has 0 saturated heterocycles. The average molecular weight is 377 g/mol. The number of benzene rings is 1. The number of aromatic nitrogens is 1. The van der Waals surface area contributed by atoms with Crippen LogP contribution in [-0.2, 0) is 9.84 Å². The van der Waals surface area contributed by atoms with Gasteiger partial charge in [-0.1, -0.05) is 12.1 Å². The number of hydrogen-bond donors (Lipinski definition) is 2. The Kier molecular flexibility index (Phi) is 4.96. The van der Waals surface area contributed by atoms with E-state index in [0.29, 0.717) is 18.5 Å². The average Bonchev–Trinajstić information content (AvgIpc) is 3.02. The third-order valence-electron chi connectivity index (χ3n) is 4.81. The standard InChI is InChI=1S/C19H20FNO4S/c1-26(24,25)15-6-7-18(21-10-15)17-9-19(11-22,12-23)8-16(17)13-2-4-14(20)5-3-13/h2-7,10,22-23H,8-9,11-12H2,1H3. The summed E-state index contributed by atoms with van der Waals surface area (Å²) in [6.45, 7) is -0.391. The molecule has 0 atom stereocenters. The molecule has 1 aliphatic carbocycles. The van der Waals surface area contributed by atoms with Crippen LogP contribution in [0.1, 0.15) is 24.1 Å². The van der Waals surface area contributed by atoms with Crippen molar-refractivity contribution in [3.05, 3.63) is 59.7 Å². The first-order valence-corrected chi connectivity index (χ1v) is 10.0. The molecule has 0 unspecified atom stereocenters. The van der Waals surface area contributed by atoms with Crippen molar-refractivity contribution in [3.63, 3.8) is 0 Å². The number of nitrogens with zero attached hydrogens (tertiary/aromatic N) is 1. The van der Waals surface area contributed by atoms with Crippen molar-refractivity contribution in [2.75, 3.05) is 19.5 Å². The molecular weight excluding hydrogens is 357 g/mol. The molecule has 5 nitrogen and oxygen atoms in total. The first kappa shape index (κ1) is 18.7. The largest absolute Gasteiger partial charge is 0.396 e. The van der Waals surface area contributed by atoms with Crippen molar-refractivity contribution in [1.29, 1.82) is 0 Å². The molecule has 1 heterocycles. The molecule has 7 heteroatoms. The first-order chi connectivity index (χ1) is 12.3. The number of rotatable bonds is 5. The van der Waals surface area contributed by atoms with E-state index in [9.17, 15) is 23.0 Å². The molecule has 0 bridgehead atoms. The van der Waals surface area contributed by atoms with E-state index in [1.165, 1.54) is 24.4 Å². The van der Waals surface area contributed by atoms with Gasteiger partial charge in [0.25, 0.3) is 0 Å². The van der Waals surface area contributed by atoms with Gasteiger partial charge >= 0.3 is 0 Å². The lowest BCUT2D eigenvalue weighted by atomic mass is 9.85. The summed E-state index contributed by atoms with van der Waals surface area (Å²) in [5.41, 5.74) is 2.35.